The van der Waals surface area contributed by atoms with Crippen LogP contribution in [0.3, 0.4) is 0 Å². The first-order valence-electron chi connectivity index (χ1n) is 15.2. The molecular weight excluding hydrogens is 514 g/mol. The molecule has 0 heterocycles. The molecule has 2 aromatic rings. The van der Waals surface area contributed by atoms with Crippen LogP contribution in [-0.2, 0) is 20.7 Å². The van der Waals surface area contributed by atoms with E-state index < -0.39 is 23.8 Å². The Kier molecular flexibility index (Phi) is 13.9. The van der Waals surface area contributed by atoms with Gasteiger partial charge in [-0.15, -0.1) is 0 Å². The summed E-state index contributed by atoms with van der Waals surface area (Å²) in [6, 6.07) is 13.9. The van der Waals surface area contributed by atoms with E-state index in [9.17, 15) is 14.4 Å². The lowest BCUT2D eigenvalue weighted by molar-refractivity contribution is -0.142. The van der Waals surface area contributed by atoms with E-state index in [1.165, 1.54) is 0 Å². The molecule has 2 aromatic carbocycles. The molecule has 7 nitrogen and oxygen atoms in total. The second-order valence-corrected chi connectivity index (χ2v) is 11.9. The first-order chi connectivity index (χ1) is 19.5. The molecule has 0 bridgehead atoms. The Morgan fingerprint density at radius 3 is 2.22 bits per heavy atom. The predicted octanol–water partition coefficient (Wildman–Crippen LogP) is 6.81. The molecule has 7 heteroatoms. The Bertz CT molecular complexity index is 1110. The van der Waals surface area contributed by atoms with E-state index in [-0.39, 0.29) is 18.2 Å². The lowest BCUT2D eigenvalue weighted by Gasteiger charge is -2.35. The number of nitrogens with zero attached hydrogens (tertiary/aromatic N) is 1. The highest BCUT2D eigenvalue weighted by Gasteiger charge is 2.36. The number of ether oxygens (including phenoxy) is 1. The molecule has 0 fully saturated rings. The largest absolute Gasteiger partial charge is 0.444 e. The molecule has 0 aliphatic carbocycles. The molecule has 2 N–H and O–H groups in total. The monoisotopic (exact) mass is 565 g/mol. The Morgan fingerprint density at radius 2 is 1.59 bits per heavy atom. The van der Waals surface area contributed by atoms with Crippen molar-refractivity contribution < 1.29 is 19.1 Å². The molecule has 0 saturated heterocycles. The van der Waals surface area contributed by atoms with Crippen molar-refractivity contribution in [1.29, 1.82) is 0 Å². The summed E-state index contributed by atoms with van der Waals surface area (Å²) < 4.78 is 5.54. The standard InChI is InChI=1S/C34H51N3O4/c1-8-10-12-16-22-37(30(31(38)35-21-11-9-2)28-23-25(3)19-20-26(28)4)32(39)29(24-27-17-14-13-15-18-27)36-33(40)41-34(5,6)7/h13-15,17-20,23,29-30H,8-12,16,21-22,24H2,1-7H3,(H,35,38)(H,36,40). The first-order valence-corrected chi connectivity index (χ1v) is 15.2. The second kappa shape index (κ2) is 16.8. The third kappa shape index (κ3) is 11.6. The van der Waals surface area contributed by atoms with Crippen molar-refractivity contribution in [1.82, 2.24) is 15.5 Å². The van der Waals surface area contributed by atoms with Gasteiger partial charge in [-0.1, -0.05) is 93.6 Å². The van der Waals surface area contributed by atoms with Crippen LogP contribution in [-0.4, -0.2) is 47.5 Å². The summed E-state index contributed by atoms with van der Waals surface area (Å²) in [6.45, 7) is 14.5. The molecule has 0 saturated carbocycles. The number of amides is 3. The summed E-state index contributed by atoms with van der Waals surface area (Å²) in [7, 11) is 0. The minimum atomic E-state index is -0.908. The molecule has 0 aliphatic rings. The predicted molar refractivity (Wildman–Crippen MR) is 166 cm³/mol. The van der Waals surface area contributed by atoms with Gasteiger partial charge < -0.3 is 20.3 Å². The van der Waals surface area contributed by atoms with Crippen molar-refractivity contribution in [3.63, 3.8) is 0 Å². The average molecular weight is 566 g/mol. The SMILES string of the molecule is CCCCCCN(C(=O)C(Cc1ccccc1)NC(=O)OC(C)(C)C)C(C(=O)NCCCC)c1cc(C)ccc1C. The van der Waals surface area contributed by atoms with Crippen LogP contribution < -0.4 is 10.6 Å². The molecule has 0 aliphatic heterocycles. The van der Waals surface area contributed by atoms with Crippen LogP contribution in [0.1, 0.15) is 101 Å². The Morgan fingerprint density at radius 1 is 0.902 bits per heavy atom. The van der Waals surface area contributed by atoms with E-state index in [4.69, 9.17) is 4.74 Å². The minimum absolute atomic E-state index is 0.202. The number of rotatable bonds is 15. The van der Waals surface area contributed by atoms with Gasteiger partial charge in [0, 0.05) is 19.5 Å². The third-order valence-electron chi connectivity index (χ3n) is 6.93. The van der Waals surface area contributed by atoms with Crippen LogP contribution in [0.5, 0.6) is 0 Å². The summed E-state index contributed by atoms with van der Waals surface area (Å²) >= 11 is 0. The van der Waals surface area contributed by atoms with Gasteiger partial charge in [-0.25, -0.2) is 4.79 Å². The van der Waals surface area contributed by atoms with Gasteiger partial charge in [-0.05, 0) is 64.2 Å². The molecule has 226 valence electrons. The highest BCUT2D eigenvalue weighted by molar-refractivity contribution is 5.92. The smallest absolute Gasteiger partial charge is 0.408 e. The van der Waals surface area contributed by atoms with Gasteiger partial charge in [0.1, 0.15) is 17.7 Å². The van der Waals surface area contributed by atoms with E-state index in [2.05, 4.69) is 24.5 Å². The van der Waals surface area contributed by atoms with Crippen molar-refractivity contribution in [3.05, 3.63) is 70.8 Å². The van der Waals surface area contributed by atoms with E-state index in [0.717, 1.165) is 60.8 Å². The van der Waals surface area contributed by atoms with Gasteiger partial charge in [0.05, 0.1) is 0 Å². The van der Waals surface area contributed by atoms with Gasteiger partial charge in [0.2, 0.25) is 11.8 Å². The van der Waals surface area contributed by atoms with Crippen LogP contribution in [0.25, 0.3) is 0 Å². The topological polar surface area (TPSA) is 87.7 Å². The van der Waals surface area contributed by atoms with E-state index in [1.54, 1.807) is 25.7 Å². The van der Waals surface area contributed by atoms with Crippen molar-refractivity contribution in [2.75, 3.05) is 13.1 Å². The molecule has 3 amide bonds. The van der Waals surface area contributed by atoms with Gasteiger partial charge in [-0.2, -0.15) is 0 Å². The molecule has 0 spiro atoms. The number of nitrogens with one attached hydrogen (secondary N) is 2. The number of aryl methyl sites for hydroxylation is 2. The Hall–Kier alpha value is -3.35. The maximum atomic E-state index is 14.5. The molecule has 2 rings (SSSR count). The van der Waals surface area contributed by atoms with E-state index >= 15 is 0 Å². The summed E-state index contributed by atoms with van der Waals surface area (Å²) in [5.41, 5.74) is 2.95. The zero-order chi connectivity index (χ0) is 30.4. The Labute approximate surface area is 247 Å². The highest BCUT2D eigenvalue weighted by Crippen LogP contribution is 2.28. The van der Waals surface area contributed by atoms with Crippen molar-refractivity contribution in [2.45, 2.75) is 111 Å². The number of carbonyl (C=O) groups excluding carboxylic acids is 3. The Balaban J connectivity index is 2.57. The van der Waals surface area contributed by atoms with Gasteiger partial charge >= 0.3 is 6.09 Å². The minimum Gasteiger partial charge on any atom is -0.444 e. The number of unbranched alkanes of at least 4 members (excludes halogenated alkanes) is 4. The van der Waals surface area contributed by atoms with Gasteiger partial charge in [0.15, 0.2) is 0 Å². The fourth-order valence-corrected chi connectivity index (χ4v) is 4.77. The normalized spacial score (nSPS) is 12.8. The quantitative estimate of drug-likeness (QED) is 0.232. The second-order valence-electron chi connectivity index (χ2n) is 11.9. The zero-order valence-electron chi connectivity index (χ0n) is 26.2. The molecule has 41 heavy (non-hydrogen) atoms. The van der Waals surface area contributed by atoms with Crippen LogP contribution in [0.4, 0.5) is 4.79 Å². The fourth-order valence-electron chi connectivity index (χ4n) is 4.77. The summed E-state index contributed by atoms with van der Waals surface area (Å²) in [6.07, 6.45) is 5.23. The maximum absolute atomic E-state index is 14.5. The number of alkyl carbamates (subject to hydrolysis) is 1. The summed E-state index contributed by atoms with van der Waals surface area (Å²) in [4.78, 5) is 43.1. The molecule has 2 atom stereocenters. The number of benzene rings is 2. The molecule has 0 aromatic heterocycles. The van der Waals surface area contributed by atoms with E-state index in [1.807, 2.05) is 62.4 Å². The van der Waals surface area contributed by atoms with Crippen LogP contribution in [0.2, 0.25) is 0 Å². The lowest BCUT2D eigenvalue weighted by atomic mass is 9.95. The molecule has 0 radical (unpaired) electrons. The maximum Gasteiger partial charge on any atom is 0.408 e. The van der Waals surface area contributed by atoms with Crippen molar-refractivity contribution >= 4 is 17.9 Å². The van der Waals surface area contributed by atoms with Gasteiger partial charge in [-0.3, -0.25) is 9.59 Å². The zero-order valence-corrected chi connectivity index (χ0v) is 26.2. The molecule has 2 unspecified atom stereocenters. The fraction of sp³-hybridized carbons (Fsp3) is 0.559. The summed E-state index contributed by atoms with van der Waals surface area (Å²) in [5.74, 6) is -0.500. The summed E-state index contributed by atoms with van der Waals surface area (Å²) in [5, 5.41) is 5.92. The van der Waals surface area contributed by atoms with Crippen molar-refractivity contribution in [2.24, 2.45) is 0 Å². The van der Waals surface area contributed by atoms with Crippen molar-refractivity contribution in [3.8, 4) is 0 Å². The first kappa shape index (κ1) is 33.9. The molecular formula is C34H51N3O4. The van der Waals surface area contributed by atoms with Crippen LogP contribution in [0.15, 0.2) is 48.5 Å². The van der Waals surface area contributed by atoms with Crippen LogP contribution >= 0.6 is 0 Å². The van der Waals surface area contributed by atoms with Crippen LogP contribution in [0, 0.1) is 13.8 Å². The third-order valence-corrected chi connectivity index (χ3v) is 6.93. The highest BCUT2D eigenvalue weighted by atomic mass is 16.6. The number of hydrogen-bond acceptors (Lipinski definition) is 4. The lowest BCUT2D eigenvalue weighted by Crippen LogP contribution is -2.54. The average Bonchev–Trinajstić information content (AvgIpc) is 2.91. The number of hydrogen-bond donors (Lipinski definition) is 2. The van der Waals surface area contributed by atoms with Gasteiger partial charge in [0.25, 0.3) is 0 Å². The van der Waals surface area contributed by atoms with E-state index in [0.29, 0.717) is 13.1 Å². The number of carbonyl (C=O) groups is 3.